The van der Waals surface area contributed by atoms with Gasteiger partial charge in [0, 0.05) is 5.56 Å². The number of carbonyl (C=O) groups is 2. The van der Waals surface area contributed by atoms with Gasteiger partial charge >= 0.3 is 0 Å². The molecular formula is C19H15N3O3. The Labute approximate surface area is 143 Å². The van der Waals surface area contributed by atoms with Gasteiger partial charge in [-0.25, -0.2) is 0 Å². The first kappa shape index (κ1) is 15.0. The molecule has 1 aromatic heterocycles. The smallest absolute Gasteiger partial charge is 0.257 e. The van der Waals surface area contributed by atoms with Crippen molar-refractivity contribution in [1.82, 2.24) is 5.32 Å². The van der Waals surface area contributed by atoms with Gasteiger partial charge in [0.15, 0.2) is 0 Å². The first-order valence-electron chi connectivity index (χ1n) is 7.83. The largest absolute Gasteiger partial charge is 0.467 e. The van der Waals surface area contributed by atoms with E-state index in [4.69, 9.17) is 4.42 Å². The van der Waals surface area contributed by atoms with Crippen LogP contribution >= 0.6 is 0 Å². The van der Waals surface area contributed by atoms with Crippen LogP contribution in [0.2, 0.25) is 0 Å². The highest BCUT2D eigenvalue weighted by molar-refractivity contribution is 6.12. The molecule has 0 spiro atoms. The third-order valence-corrected chi connectivity index (χ3v) is 3.97. The topological polar surface area (TPSA) is 83.4 Å². The molecule has 2 amide bonds. The third-order valence-electron chi connectivity index (χ3n) is 3.97. The van der Waals surface area contributed by atoms with Gasteiger partial charge in [-0.2, -0.15) is 0 Å². The molecule has 0 saturated carbocycles. The van der Waals surface area contributed by atoms with Crippen molar-refractivity contribution in [2.75, 3.05) is 10.6 Å². The summed E-state index contributed by atoms with van der Waals surface area (Å²) >= 11 is 0. The molecule has 6 heteroatoms. The van der Waals surface area contributed by atoms with Crippen molar-refractivity contribution in [2.45, 2.75) is 6.54 Å². The Morgan fingerprint density at radius 2 is 1.84 bits per heavy atom. The summed E-state index contributed by atoms with van der Waals surface area (Å²) in [4.78, 5) is 24.7. The first-order chi connectivity index (χ1) is 12.2. The lowest BCUT2D eigenvalue weighted by atomic mass is 10.1. The number of amides is 2. The third kappa shape index (κ3) is 2.97. The standard InChI is InChI=1S/C19H15N3O3/c23-18(20-11-13-4-3-9-25-13)12-7-8-16-17(10-12)22-19(24)14-5-1-2-6-15(14)21-16/h1-10,21H,11H2,(H,20,23)(H,22,24). The lowest BCUT2D eigenvalue weighted by molar-refractivity contribution is 0.0947. The molecule has 0 fully saturated rings. The maximum Gasteiger partial charge on any atom is 0.257 e. The molecule has 3 aromatic rings. The van der Waals surface area contributed by atoms with E-state index in [2.05, 4.69) is 16.0 Å². The average Bonchev–Trinajstić information content (AvgIpc) is 3.10. The average molecular weight is 333 g/mol. The molecule has 0 atom stereocenters. The number of nitrogens with one attached hydrogen (secondary N) is 3. The highest BCUT2D eigenvalue weighted by atomic mass is 16.3. The molecule has 25 heavy (non-hydrogen) atoms. The van der Waals surface area contributed by atoms with Crippen molar-refractivity contribution in [1.29, 1.82) is 0 Å². The van der Waals surface area contributed by atoms with E-state index in [-0.39, 0.29) is 11.8 Å². The molecule has 1 aliphatic heterocycles. The van der Waals surface area contributed by atoms with E-state index in [0.29, 0.717) is 29.1 Å². The fourth-order valence-electron chi connectivity index (χ4n) is 2.71. The van der Waals surface area contributed by atoms with E-state index >= 15 is 0 Å². The minimum atomic E-state index is -0.241. The van der Waals surface area contributed by atoms with E-state index in [0.717, 1.165) is 11.4 Å². The molecule has 3 N–H and O–H groups in total. The molecule has 0 bridgehead atoms. The van der Waals surface area contributed by atoms with Crippen LogP contribution in [0.15, 0.2) is 65.3 Å². The Balaban J connectivity index is 1.57. The van der Waals surface area contributed by atoms with Crippen LogP contribution in [0.3, 0.4) is 0 Å². The minimum absolute atomic E-state index is 0.213. The van der Waals surface area contributed by atoms with Crippen LogP contribution in [-0.2, 0) is 6.54 Å². The molecule has 0 radical (unpaired) electrons. The summed E-state index contributed by atoms with van der Waals surface area (Å²) in [6, 6.07) is 16.0. The van der Waals surface area contributed by atoms with Crippen LogP contribution in [0.25, 0.3) is 0 Å². The predicted molar refractivity (Wildman–Crippen MR) is 94.0 cm³/mol. The van der Waals surface area contributed by atoms with E-state index < -0.39 is 0 Å². The predicted octanol–water partition coefficient (Wildman–Crippen LogP) is 3.52. The molecule has 2 aromatic carbocycles. The molecule has 0 aliphatic carbocycles. The lowest BCUT2D eigenvalue weighted by Crippen LogP contribution is -2.22. The summed E-state index contributed by atoms with van der Waals surface area (Å²) < 4.78 is 5.20. The van der Waals surface area contributed by atoms with Gasteiger partial charge in [0.05, 0.1) is 35.4 Å². The second kappa shape index (κ2) is 6.16. The summed E-state index contributed by atoms with van der Waals surface area (Å²) in [6.45, 7) is 0.305. The number of hydrogen-bond acceptors (Lipinski definition) is 4. The Hall–Kier alpha value is -3.54. The maximum atomic E-state index is 12.4. The van der Waals surface area contributed by atoms with Gasteiger partial charge in [0.25, 0.3) is 11.8 Å². The number of para-hydroxylation sites is 1. The summed E-state index contributed by atoms with van der Waals surface area (Å²) in [7, 11) is 0. The molecular weight excluding hydrogens is 318 g/mol. The van der Waals surface area contributed by atoms with Crippen molar-refractivity contribution >= 4 is 28.9 Å². The van der Waals surface area contributed by atoms with Gasteiger partial charge < -0.3 is 20.4 Å². The van der Waals surface area contributed by atoms with Crippen molar-refractivity contribution in [3.05, 3.63) is 77.7 Å². The van der Waals surface area contributed by atoms with Crippen LogP contribution in [0, 0.1) is 0 Å². The molecule has 0 saturated heterocycles. The van der Waals surface area contributed by atoms with Gasteiger partial charge in [-0.05, 0) is 42.5 Å². The summed E-state index contributed by atoms with van der Waals surface area (Å²) in [5.41, 5.74) is 3.04. The summed E-state index contributed by atoms with van der Waals surface area (Å²) in [5, 5.41) is 8.85. The minimum Gasteiger partial charge on any atom is -0.467 e. The van der Waals surface area contributed by atoms with Crippen LogP contribution < -0.4 is 16.0 Å². The van der Waals surface area contributed by atoms with Gasteiger partial charge in [-0.3, -0.25) is 9.59 Å². The van der Waals surface area contributed by atoms with Gasteiger partial charge in [-0.15, -0.1) is 0 Å². The highest BCUT2D eigenvalue weighted by Gasteiger charge is 2.19. The number of benzene rings is 2. The van der Waals surface area contributed by atoms with Crippen molar-refractivity contribution in [2.24, 2.45) is 0 Å². The van der Waals surface area contributed by atoms with Crippen molar-refractivity contribution < 1.29 is 14.0 Å². The van der Waals surface area contributed by atoms with E-state index in [1.165, 1.54) is 0 Å². The van der Waals surface area contributed by atoms with Gasteiger partial charge in [0.2, 0.25) is 0 Å². The van der Waals surface area contributed by atoms with Crippen LogP contribution in [-0.4, -0.2) is 11.8 Å². The molecule has 2 heterocycles. The van der Waals surface area contributed by atoms with Gasteiger partial charge in [0.1, 0.15) is 5.76 Å². The lowest BCUT2D eigenvalue weighted by Gasteiger charge is -2.10. The fraction of sp³-hybridized carbons (Fsp3) is 0.0526. The maximum absolute atomic E-state index is 12.4. The van der Waals surface area contributed by atoms with Crippen LogP contribution in [0.1, 0.15) is 26.5 Å². The highest BCUT2D eigenvalue weighted by Crippen LogP contribution is 2.32. The Bertz CT molecular complexity index is 948. The summed E-state index contributed by atoms with van der Waals surface area (Å²) in [5.74, 6) is 0.221. The molecule has 6 nitrogen and oxygen atoms in total. The van der Waals surface area contributed by atoms with E-state index in [1.54, 1.807) is 42.7 Å². The SMILES string of the molecule is O=C(NCc1ccco1)c1ccc2c(c1)NC(=O)c1ccccc1N2. The van der Waals surface area contributed by atoms with E-state index in [9.17, 15) is 9.59 Å². The number of anilines is 3. The van der Waals surface area contributed by atoms with Crippen LogP contribution in [0.4, 0.5) is 17.1 Å². The zero-order valence-electron chi connectivity index (χ0n) is 13.2. The number of rotatable bonds is 3. The zero-order valence-corrected chi connectivity index (χ0v) is 13.2. The second-order valence-corrected chi connectivity index (χ2v) is 5.65. The van der Waals surface area contributed by atoms with Crippen LogP contribution in [0.5, 0.6) is 0 Å². The summed E-state index contributed by atoms with van der Waals surface area (Å²) in [6.07, 6.45) is 1.56. The molecule has 1 aliphatic rings. The Kier molecular flexibility index (Phi) is 3.70. The number of carbonyl (C=O) groups excluding carboxylic acids is 2. The number of fused-ring (bicyclic) bond motifs is 2. The van der Waals surface area contributed by atoms with E-state index in [1.807, 2.05) is 18.2 Å². The molecule has 124 valence electrons. The van der Waals surface area contributed by atoms with Gasteiger partial charge in [-0.1, -0.05) is 12.1 Å². The quantitative estimate of drug-likeness (QED) is 0.685. The molecule has 0 unspecified atom stereocenters. The Morgan fingerprint density at radius 1 is 0.960 bits per heavy atom. The monoisotopic (exact) mass is 333 g/mol. The fourth-order valence-corrected chi connectivity index (χ4v) is 2.71. The number of hydrogen-bond donors (Lipinski definition) is 3. The number of furan rings is 1. The first-order valence-corrected chi connectivity index (χ1v) is 7.83. The normalized spacial score (nSPS) is 12.2. The van der Waals surface area contributed by atoms with Crippen molar-refractivity contribution in [3.63, 3.8) is 0 Å². The van der Waals surface area contributed by atoms with Crippen molar-refractivity contribution in [3.8, 4) is 0 Å². The zero-order chi connectivity index (χ0) is 17.2. The molecule has 4 rings (SSSR count). The second-order valence-electron chi connectivity index (χ2n) is 5.65. The Morgan fingerprint density at radius 3 is 2.68 bits per heavy atom.